The number of cyclic esters (lactones) is 1. The zero-order valence-corrected chi connectivity index (χ0v) is 18.4. The Morgan fingerprint density at radius 1 is 1.17 bits per heavy atom. The predicted octanol–water partition coefficient (Wildman–Crippen LogP) is 5.60. The summed E-state index contributed by atoms with van der Waals surface area (Å²) in [7, 11) is 0. The van der Waals surface area contributed by atoms with Crippen LogP contribution in [0.2, 0.25) is 0 Å². The topological polar surface area (TPSA) is 83.9 Å². The van der Waals surface area contributed by atoms with E-state index in [1.54, 1.807) is 0 Å². The Labute approximate surface area is 175 Å². The molecule has 29 heavy (non-hydrogen) atoms. The number of rotatable bonds is 7. The van der Waals surface area contributed by atoms with Gasteiger partial charge in [-0.15, -0.1) is 6.58 Å². The van der Waals surface area contributed by atoms with Gasteiger partial charge in [0.05, 0.1) is 13.0 Å². The van der Waals surface area contributed by atoms with Crippen LogP contribution in [-0.4, -0.2) is 41.1 Å². The first kappa shape index (κ1) is 28.6. The van der Waals surface area contributed by atoms with Crippen LogP contribution in [0.25, 0.3) is 0 Å². The predicted molar refractivity (Wildman–Crippen MR) is 117 cm³/mol. The number of hydrogen-bond donors (Lipinski definition) is 1. The van der Waals surface area contributed by atoms with Crippen molar-refractivity contribution in [2.24, 2.45) is 0 Å². The van der Waals surface area contributed by atoms with Gasteiger partial charge in [-0.1, -0.05) is 75.6 Å². The van der Waals surface area contributed by atoms with Crippen LogP contribution in [0, 0.1) is 6.92 Å². The van der Waals surface area contributed by atoms with Crippen LogP contribution in [-0.2, 0) is 14.3 Å². The molecular formula is C23H37NO5. The van der Waals surface area contributed by atoms with Crippen molar-refractivity contribution in [3.05, 3.63) is 48.6 Å². The highest BCUT2D eigenvalue weighted by Gasteiger charge is 2.28. The number of imide groups is 1. The van der Waals surface area contributed by atoms with Gasteiger partial charge in [-0.25, -0.2) is 9.69 Å². The molecule has 0 unspecified atom stereocenters. The normalized spacial score (nSPS) is 11.4. The molecule has 1 fully saturated rings. The highest BCUT2D eigenvalue weighted by atomic mass is 16.6. The molecule has 2 rings (SSSR count). The molecule has 0 saturated carbocycles. The van der Waals surface area contributed by atoms with Crippen molar-refractivity contribution in [1.82, 2.24) is 4.90 Å². The van der Waals surface area contributed by atoms with E-state index in [-0.39, 0.29) is 26.0 Å². The molecule has 0 bridgehead atoms. The summed E-state index contributed by atoms with van der Waals surface area (Å²) in [5.41, 5.74) is 1.32. The van der Waals surface area contributed by atoms with Crippen molar-refractivity contribution in [2.45, 2.75) is 66.2 Å². The molecule has 0 atom stereocenters. The number of aliphatic carboxylic acids is 1. The lowest BCUT2D eigenvalue weighted by molar-refractivity contribution is -0.140. The number of nitrogens with zero attached hydrogens (tertiary/aromatic N) is 1. The van der Waals surface area contributed by atoms with Gasteiger partial charge in [0.15, 0.2) is 0 Å². The van der Waals surface area contributed by atoms with E-state index < -0.39 is 18.0 Å². The van der Waals surface area contributed by atoms with Crippen molar-refractivity contribution < 1.29 is 24.2 Å². The lowest BCUT2D eigenvalue weighted by Crippen LogP contribution is -2.31. The van der Waals surface area contributed by atoms with Gasteiger partial charge in [0, 0.05) is 6.42 Å². The largest absolute Gasteiger partial charge is 0.481 e. The molecule has 1 saturated heterocycles. The highest BCUT2D eigenvalue weighted by Crippen LogP contribution is 2.06. The summed E-state index contributed by atoms with van der Waals surface area (Å²) in [5.74, 6) is -1.55. The van der Waals surface area contributed by atoms with Gasteiger partial charge >= 0.3 is 12.1 Å². The number of ether oxygens (including phenoxy) is 1. The first-order valence-corrected chi connectivity index (χ1v) is 10.2. The van der Waals surface area contributed by atoms with E-state index in [9.17, 15) is 14.4 Å². The molecular weight excluding hydrogens is 370 g/mol. The Balaban J connectivity index is 0. The van der Waals surface area contributed by atoms with E-state index in [0.29, 0.717) is 0 Å². The molecule has 1 heterocycles. The number of carboxylic acid groups (broad SMARTS) is 1. The Kier molecular flexibility index (Phi) is 19.8. The minimum atomic E-state index is -1.05. The third kappa shape index (κ3) is 17.2. The van der Waals surface area contributed by atoms with Gasteiger partial charge in [-0.2, -0.15) is 0 Å². The summed E-state index contributed by atoms with van der Waals surface area (Å²) >= 11 is 0. The third-order valence-electron chi connectivity index (χ3n) is 3.57. The lowest BCUT2D eigenvalue weighted by Gasteiger charge is -2.08. The summed E-state index contributed by atoms with van der Waals surface area (Å²) in [4.78, 5) is 33.0. The molecule has 1 aromatic rings. The van der Waals surface area contributed by atoms with E-state index in [1.807, 2.05) is 38.1 Å². The lowest BCUT2D eigenvalue weighted by atomic mass is 10.2. The number of aryl methyl sites for hydroxylation is 1. The standard InChI is InChI=1S/C7H9NO5.C7H8.C7H14.C2H6/c9-5(1-2-6(10)11)8-3-4-13-7(8)12;1-7-5-3-2-4-6-7;1-3-5-7-6-4-2;1-2/h1-4H2,(H,10,11);2-6H,1H3;3H,1,4-7H2,2H3;1-2H3. The van der Waals surface area contributed by atoms with Crippen LogP contribution < -0.4 is 0 Å². The molecule has 2 amide bonds. The van der Waals surface area contributed by atoms with Crippen LogP contribution in [0.15, 0.2) is 43.0 Å². The zero-order chi connectivity index (χ0) is 22.5. The third-order valence-corrected chi connectivity index (χ3v) is 3.57. The SMILES string of the molecule is C=CCCCCC.CC.Cc1ccccc1.O=C(O)CCC(=O)N1CCOC1=O. The van der Waals surface area contributed by atoms with Crippen LogP contribution >= 0.6 is 0 Å². The summed E-state index contributed by atoms with van der Waals surface area (Å²) in [6.07, 6.45) is 6.05. The van der Waals surface area contributed by atoms with Crippen LogP contribution in [0.4, 0.5) is 4.79 Å². The minimum absolute atomic E-state index is 0.162. The minimum Gasteiger partial charge on any atom is -0.481 e. The van der Waals surface area contributed by atoms with Gasteiger partial charge in [0.25, 0.3) is 0 Å². The maximum Gasteiger partial charge on any atom is 0.416 e. The number of unbranched alkanes of at least 4 members (excludes halogenated alkanes) is 3. The average Bonchev–Trinajstić information content (AvgIpc) is 3.16. The number of carboxylic acids is 1. The van der Waals surface area contributed by atoms with E-state index in [4.69, 9.17) is 5.11 Å². The Morgan fingerprint density at radius 3 is 2.17 bits per heavy atom. The van der Waals surface area contributed by atoms with E-state index in [0.717, 1.165) is 4.90 Å². The van der Waals surface area contributed by atoms with Crippen LogP contribution in [0.3, 0.4) is 0 Å². The first-order chi connectivity index (χ1) is 13.9. The van der Waals surface area contributed by atoms with Gasteiger partial charge in [-0.3, -0.25) is 9.59 Å². The molecule has 6 heteroatoms. The first-order valence-electron chi connectivity index (χ1n) is 10.2. The van der Waals surface area contributed by atoms with Gasteiger partial charge < -0.3 is 9.84 Å². The van der Waals surface area contributed by atoms with Gasteiger partial charge in [0.2, 0.25) is 5.91 Å². The fourth-order valence-corrected chi connectivity index (χ4v) is 2.04. The molecule has 6 nitrogen and oxygen atoms in total. The Hall–Kier alpha value is -2.63. The number of allylic oxidation sites excluding steroid dienone is 1. The summed E-state index contributed by atoms with van der Waals surface area (Å²) in [6.45, 7) is 12.3. The van der Waals surface area contributed by atoms with Crippen molar-refractivity contribution in [3.8, 4) is 0 Å². The quantitative estimate of drug-likeness (QED) is 0.469. The summed E-state index contributed by atoms with van der Waals surface area (Å²) in [6, 6.07) is 10.3. The Morgan fingerprint density at radius 2 is 1.79 bits per heavy atom. The molecule has 164 valence electrons. The van der Waals surface area contributed by atoms with Crippen LogP contribution in [0.1, 0.15) is 64.9 Å². The summed E-state index contributed by atoms with van der Waals surface area (Å²) < 4.78 is 4.51. The number of hydrogen-bond acceptors (Lipinski definition) is 4. The fourth-order valence-electron chi connectivity index (χ4n) is 2.04. The fraction of sp³-hybridized carbons (Fsp3) is 0.522. The van der Waals surface area contributed by atoms with Crippen molar-refractivity contribution >= 4 is 18.0 Å². The van der Waals surface area contributed by atoms with Gasteiger partial charge in [-0.05, 0) is 19.8 Å². The molecule has 1 aliphatic rings. The number of amides is 2. The van der Waals surface area contributed by atoms with Crippen LogP contribution in [0.5, 0.6) is 0 Å². The maximum absolute atomic E-state index is 11.1. The average molecular weight is 408 g/mol. The molecule has 0 spiro atoms. The van der Waals surface area contributed by atoms with E-state index in [2.05, 4.69) is 37.3 Å². The van der Waals surface area contributed by atoms with E-state index >= 15 is 0 Å². The second-order valence-electron chi connectivity index (χ2n) is 5.99. The maximum atomic E-state index is 11.1. The second kappa shape index (κ2) is 20.1. The smallest absolute Gasteiger partial charge is 0.416 e. The molecule has 0 aromatic heterocycles. The second-order valence-corrected chi connectivity index (χ2v) is 5.99. The molecule has 1 aliphatic heterocycles. The van der Waals surface area contributed by atoms with Gasteiger partial charge in [0.1, 0.15) is 6.61 Å². The highest BCUT2D eigenvalue weighted by molar-refractivity contribution is 5.94. The monoisotopic (exact) mass is 407 g/mol. The Bertz CT molecular complexity index is 572. The number of carbonyl (C=O) groups excluding carboxylic acids is 2. The molecule has 1 N–H and O–H groups in total. The number of carbonyl (C=O) groups is 3. The molecule has 1 aromatic carbocycles. The number of benzene rings is 1. The summed E-state index contributed by atoms with van der Waals surface area (Å²) in [5, 5.41) is 8.28. The zero-order valence-electron chi connectivity index (χ0n) is 18.4. The van der Waals surface area contributed by atoms with E-state index in [1.165, 1.54) is 31.2 Å². The van der Waals surface area contributed by atoms with Crippen molar-refractivity contribution in [2.75, 3.05) is 13.2 Å². The van der Waals surface area contributed by atoms with Crippen molar-refractivity contribution in [3.63, 3.8) is 0 Å². The molecule has 0 radical (unpaired) electrons. The molecule has 0 aliphatic carbocycles. The van der Waals surface area contributed by atoms with Crippen molar-refractivity contribution in [1.29, 1.82) is 0 Å².